The molecule has 7 aromatic carbocycles. The number of carbonyl (C=O) groups is 1. The molecule has 7 aromatic rings. The maximum Gasteiger partial charge on any atom is 0.338 e. The first-order valence-electron chi connectivity index (χ1n) is 24.8. The van der Waals surface area contributed by atoms with Crippen LogP contribution < -0.4 is 0 Å². The van der Waals surface area contributed by atoms with Gasteiger partial charge in [-0.25, -0.2) is 4.79 Å². The zero-order valence-corrected chi connectivity index (χ0v) is 40.6. The minimum absolute atomic E-state index is 0.0679. The molecule has 2 heterocycles. The quantitative estimate of drug-likeness (QED) is 0.0579. The normalized spacial score (nSPS) is 23.9. The summed E-state index contributed by atoms with van der Waals surface area (Å²) in [6, 6.07) is 67.3. The fraction of sp³-hybridized carbons (Fsp3) is 0.295. The first-order valence-corrected chi connectivity index (χ1v) is 24.8. The Morgan fingerprint density at radius 3 is 1.15 bits per heavy atom. The van der Waals surface area contributed by atoms with E-state index in [0.717, 1.165) is 33.4 Å². The van der Waals surface area contributed by atoms with Gasteiger partial charge in [-0.1, -0.05) is 200 Å². The van der Waals surface area contributed by atoms with Gasteiger partial charge in [0, 0.05) is 0 Å². The number of esters is 1. The van der Waals surface area contributed by atoms with Crippen LogP contribution in [0, 0.1) is 0 Å². The minimum Gasteiger partial charge on any atom is -0.450 e. The molecule has 9 rings (SSSR count). The number of hydrogen-bond acceptors (Lipinski definition) is 12. The summed E-state index contributed by atoms with van der Waals surface area (Å²) >= 11 is 0. The van der Waals surface area contributed by atoms with E-state index in [9.17, 15) is 9.90 Å². The largest absolute Gasteiger partial charge is 0.450 e. The van der Waals surface area contributed by atoms with E-state index in [4.69, 9.17) is 47.4 Å². The van der Waals surface area contributed by atoms with Gasteiger partial charge < -0.3 is 52.5 Å². The van der Waals surface area contributed by atoms with Gasteiger partial charge in [0.05, 0.1) is 58.4 Å². The monoisotopic (exact) mass is 986 g/mol. The molecule has 1 N–H and O–H groups in total. The van der Waals surface area contributed by atoms with Crippen molar-refractivity contribution in [1.29, 1.82) is 0 Å². The van der Waals surface area contributed by atoms with Crippen LogP contribution in [0.15, 0.2) is 212 Å². The molecule has 2 aliphatic rings. The predicted octanol–water partition coefficient (Wildman–Crippen LogP) is 9.81. The molecule has 12 heteroatoms. The van der Waals surface area contributed by atoms with Crippen LogP contribution in [-0.2, 0) is 87.0 Å². The Bertz CT molecular complexity index is 2630. The van der Waals surface area contributed by atoms with Gasteiger partial charge in [0.15, 0.2) is 18.7 Å². The highest BCUT2D eigenvalue weighted by Gasteiger charge is 2.52. The lowest BCUT2D eigenvalue weighted by Crippen LogP contribution is -2.64. The maximum atomic E-state index is 14.3. The Morgan fingerprint density at radius 1 is 0.356 bits per heavy atom. The summed E-state index contributed by atoms with van der Waals surface area (Å²) in [7, 11) is 0. The molecule has 378 valence electrons. The highest BCUT2D eigenvalue weighted by atomic mass is 16.7. The van der Waals surface area contributed by atoms with Gasteiger partial charge in [-0.3, -0.25) is 0 Å². The molecular formula is C61H62O12. The van der Waals surface area contributed by atoms with Crippen LogP contribution in [0.5, 0.6) is 0 Å². The maximum absolute atomic E-state index is 14.3. The standard InChI is InChI=1S/C61H62O12/c62-53-56(67-39-47-28-14-4-15-29-47)54(65-37-45-24-10-2-11-25-45)52(71-60(53)69-41-49-32-18-6-19-33-49)43-70-61-58(73-59(63)50-34-20-7-21-35-50)57(68-40-48-30-16-5-17-31-48)55(66-38-46-26-12-3-13-27-46)51(72-61)42-64-36-44-22-8-1-9-23-44/h1-35,51-58,60-62H,36-43H2/t51-,52-,53+,54-,55-,56-,57+,58+,60+,61+/m1/s1. The van der Waals surface area contributed by atoms with Crippen molar-refractivity contribution in [2.75, 3.05) is 13.2 Å². The summed E-state index contributed by atoms with van der Waals surface area (Å²) in [5.41, 5.74) is 5.83. The lowest BCUT2D eigenvalue weighted by atomic mass is 9.97. The van der Waals surface area contributed by atoms with Gasteiger partial charge in [-0.2, -0.15) is 0 Å². The van der Waals surface area contributed by atoms with Crippen LogP contribution in [0.2, 0.25) is 0 Å². The van der Waals surface area contributed by atoms with Crippen molar-refractivity contribution in [3.8, 4) is 0 Å². The first kappa shape index (κ1) is 51.5. The fourth-order valence-corrected chi connectivity index (χ4v) is 8.86. The summed E-state index contributed by atoms with van der Waals surface area (Å²) in [4.78, 5) is 14.3. The number of aliphatic hydroxyl groups excluding tert-OH is 1. The van der Waals surface area contributed by atoms with Gasteiger partial charge in [0.2, 0.25) is 0 Å². The molecule has 12 nitrogen and oxygen atoms in total. The molecule has 10 atom stereocenters. The molecule has 2 fully saturated rings. The molecule has 2 saturated heterocycles. The van der Waals surface area contributed by atoms with Crippen LogP contribution in [0.4, 0.5) is 0 Å². The van der Waals surface area contributed by atoms with Crippen LogP contribution >= 0.6 is 0 Å². The lowest BCUT2D eigenvalue weighted by Gasteiger charge is -2.47. The van der Waals surface area contributed by atoms with Crippen molar-refractivity contribution in [2.45, 2.75) is 101 Å². The third-order valence-electron chi connectivity index (χ3n) is 12.7. The van der Waals surface area contributed by atoms with Crippen molar-refractivity contribution in [2.24, 2.45) is 0 Å². The van der Waals surface area contributed by atoms with E-state index in [2.05, 4.69) is 0 Å². The molecule has 0 spiro atoms. The minimum atomic E-state index is -1.28. The Kier molecular flexibility index (Phi) is 19.1. The van der Waals surface area contributed by atoms with Crippen LogP contribution in [0.3, 0.4) is 0 Å². The van der Waals surface area contributed by atoms with E-state index in [1.807, 2.05) is 188 Å². The fourth-order valence-electron chi connectivity index (χ4n) is 8.86. The van der Waals surface area contributed by atoms with Crippen molar-refractivity contribution in [1.82, 2.24) is 0 Å². The third kappa shape index (κ3) is 14.9. The second-order valence-corrected chi connectivity index (χ2v) is 18.0. The SMILES string of the molecule is O=C(O[C@@H]1[C@@H](OC[C@H]2O[C@H](OCc3ccccc3)[C@@H](O)[C@@H](OCc3ccccc3)[C@@H]2OCc2ccccc2)O[C@H](COCc2ccccc2)[C@@H](OCc2ccccc2)[C@@H]1OCc1ccccc1)c1ccccc1. The Hall–Kier alpha value is -6.39. The number of rotatable bonds is 24. The zero-order chi connectivity index (χ0) is 49.9. The molecule has 0 unspecified atom stereocenters. The smallest absolute Gasteiger partial charge is 0.338 e. The summed E-state index contributed by atoms with van der Waals surface area (Å²) in [5.74, 6) is -0.610. The van der Waals surface area contributed by atoms with Crippen LogP contribution in [0.25, 0.3) is 0 Å². The van der Waals surface area contributed by atoms with Crippen molar-refractivity contribution < 1.29 is 57.3 Å². The van der Waals surface area contributed by atoms with E-state index >= 15 is 0 Å². The molecule has 0 radical (unpaired) electrons. The number of carbonyl (C=O) groups excluding carboxylic acids is 1. The molecule has 73 heavy (non-hydrogen) atoms. The average Bonchev–Trinajstić information content (AvgIpc) is 3.45. The van der Waals surface area contributed by atoms with Crippen molar-refractivity contribution in [3.05, 3.63) is 251 Å². The van der Waals surface area contributed by atoms with Gasteiger partial charge in [0.1, 0.15) is 42.7 Å². The van der Waals surface area contributed by atoms with Crippen molar-refractivity contribution in [3.63, 3.8) is 0 Å². The van der Waals surface area contributed by atoms with E-state index in [1.54, 1.807) is 24.3 Å². The summed E-state index contributed by atoms with van der Waals surface area (Å²) in [6.07, 6.45) is -10.3. The highest BCUT2D eigenvalue weighted by Crippen LogP contribution is 2.34. The van der Waals surface area contributed by atoms with E-state index in [1.165, 1.54) is 0 Å². The molecule has 0 aromatic heterocycles. The third-order valence-corrected chi connectivity index (χ3v) is 12.7. The average molecular weight is 987 g/mol. The van der Waals surface area contributed by atoms with Gasteiger partial charge in [0.25, 0.3) is 0 Å². The van der Waals surface area contributed by atoms with Gasteiger partial charge >= 0.3 is 5.97 Å². The van der Waals surface area contributed by atoms with Crippen molar-refractivity contribution >= 4 is 5.97 Å². The second kappa shape index (κ2) is 27.1. The van der Waals surface area contributed by atoms with Gasteiger partial charge in [-0.05, 0) is 45.5 Å². The molecule has 0 amide bonds. The number of benzene rings is 7. The van der Waals surface area contributed by atoms with Crippen LogP contribution in [-0.4, -0.2) is 85.7 Å². The summed E-state index contributed by atoms with van der Waals surface area (Å²) in [5, 5.41) is 12.2. The topological polar surface area (TPSA) is 130 Å². The summed E-state index contributed by atoms with van der Waals surface area (Å²) < 4.78 is 67.0. The number of hydrogen-bond donors (Lipinski definition) is 1. The lowest BCUT2D eigenvalue weighted by molar-refractivity contribution is -0.345. The molecule has 0 bridgehead atoms. The Balaban J connectivity index is 1.06. The van der Waals surface area contributed by atoms with E-state index in [-0.39, 0.29) is 46.2 Å². The van der Waals surface area contributed by atoms with E-state index in [0.29, 0.717) is 12.2 Å². The van der Waals surface area contributed by atoms with Crippen LogP contribution in [0.1, 0.15) is 43.7 Å². The number of ether oxygens (including phenoxy) is 10. The highest BCUT2D eigenvalue weighted by molar-refractivity contribution is 5.89. The first-order chi connectivity index (χ1) is 36.0. The second-order valence-electron chi connectivity index (χ2n) is 18.0. The molecule has 0 saturated carbocycles. The van der Waals surface area contributed by atoms with E-state index < -0.39 is 67.4 Å². The Morgan fingerprint density at radius 2 is 0.699 bits per heavy atom. The molecule has 0 aliphatic carbocycles. The number of aliphatic hydroxyl groups is 1. The molecule has 2 aliphatic heterocycles. The summed E-state index contributed by atoms with van der Waals surface area (Å²) in [6.45, 7) is 1.03. The predicted molar refractivity (Wildman–Crippen MR) is 272 cm³/mol. The molecular weight excluding hydrogens is 925 g/mol. The van der Waals surface area contributed by atoms with Gasteiger partial charge in [-0.15, -0.1) is 0 Å². The zero-order valence-electron chi connectivity index (χ0n) is 40.6. The Labute approximate surface area is 427 Å².